The van der Waals surface area contributed by atoms with Crippen molar-refractivity contribution in [2.24, 2.45) is 5.92 Å². The van der Waals surface area contributed by atoms with Crippen molar-refractivity contribution in [2.45, 2.75) is 65.1 Å². The smallest absolute Gasteiger partial charge is 0.255 e. The number of amides is 1. The Hall–Kier alpha value is -2.53. The fourth-order valence-corrected chi connectivity index (χ4v) is 4.50. The molecule has 5 heteroatoms. The van der Waals surface area contributed by atoms with E-state index in [1.807, 2.05) is 36.4 Å². The van der Waals surface area contributed by atoms with Crippen LogP contribution >= 0.6 is 0 Å². The van der Waals surface area contributed by atoms with Crippen LogP contribution < -0.4 is 16.4 Å². The maximum Gasteiger partial charge on any atom is 0.255 e. The van der Waals surface area contributed by atoms with Crippen LogP contribution in [-0.4, -0.2) is 35.5 Å². The largest absolute Gasteiger partial charge is 0.397 e. The molecule has 5 nitrogen and oxygen atoms in total. The molecule has 1 saturated heterocycles. The zero-order chi connectivity index (χ0) is 21.7. The van der Waals surface area contributed by atoms with E-state index in [0.717, 1.165) is 18.5 Å². The zero-order valence-corrected chi connectivity index (χ0v) is 18.7. The Morgan fingerprint density at radius 3 is 2.47 bits per heavy atom. The molecular formula is C25H36N4O. The number of carbonyl (C=O) groups is 1. The molecule has 0 aromatic heterocycles. The first-order chi connectivity index (χ1) is 14.4. The van der Waals surface area contributed by atoms with Crippen LogP contribution in [0.4, 0.5) is 17.1 Å². The van der Waals surface area contributed by atoms with Crippen LogP contribution in [0.15, 0.2) is 48.5 Å². The Kier molecular flexibility index (Phi) is 7.38. The first kappa shape index (κ1) is 22.2. The second kappa shape index (κ2) is 9.98. The monoisotopic (exact) mass is 408 g/mol. The summed E-state index contributed by atoms with van der Waals surface area (Å²) < 4.78 is 0. The summed E-state index contributed by atoms with van der Waals surface area (Å²) in [5, 5.41) is 6.57. The molecule has 3 unspecified atom stereocenters. The van der Waals surface area contributed by atoms with Gasteiger partial charge in [0.15, 0.2) is 0 Å². The molecule has 1 amide bonds. The van der Waals surface area contributed by atoms with Gasteiger partial charge in [-0.1, -0.05) is 32.9 Å². The number of nitrogens with two attached hydrogens (primary N) is 1. The SMILES string of the molecule is CCC1CC(Nc2ccc(C(=O)Nc3ccccc3N)cc2)CC(C)N1CC(C)C. The summed E-state index contributed by atoms with van der Waals surface area (Å²) in [5.41, 5.74) is 8.80. The van der Waals surface area contributed by atoms with E-state index in [2.05, 4.69) is 43.2 Å². The van der Waals surface area contributed by atoms with Crippen molar-refractivity contribution in [3.63, 3.8) is 0 Å². The summed E-state index contributed by atoms with van der Waals surface area (Å²) in [6, 6.07) is 16.7. The Morgan fingerprint density at radius 1 is 1.13 bits per heavy atom. The first-order valence-electron chi connectivity index (χ1n) is 11.2. The van der Waals surface area contributed by atoms with Crippen molar-refractivity contribution in [2.75, 3.05) is 22.9 Å². The number of nitrogens with zero attached hydrogens (tertiary/aromatic N) is 1. The lowest BCUT2D eigenvalue weighted by Gasteiger charge is -2.45. The standard InChI is InChI=1S/C25H36N4O/c1-5-22-15-21(14-18(4)29(22)16-17(2)3)27-20-12-10-19(11-13-20)25(30)28-24-9-7-6-8-23(24)26/h6-13,17-18,21-22,27H,5,14-16,26H2,1-4H3,(H,28,30). The number of anilines is 3. The minimum atomic E-state index is -0.152. The van der Waals surface area contributed by atoms with Crippen LogP contribution in [0.5, 0.6) is 0 Å². The van der Waals surface area contributed by atoms with Gasteiger partial charge in [-0.05, 0) is 68.5 Å². The van der Waals surface area contributed by atoms with Gasteiger partial charge in [-0.25, -0.2) is 0 Å². The third-order valence-electron chi connectivity index (χ3n) is 5.99. The topological polar surface area (TPSA) is 70.4 Å². The lowest BCUT2D eigenvalue weighted by Crippen LogP contribution is -2.52. The Bertz CT molecular complexity index is 833. The van der Waals surface area contributed by atoms with Crippen molar-refractivity contribution < 1.29 is 4.79 Å². The van der Waals surface area contributed by atoms with Gasteiger partial charge in [0, 0.05) is 35.9 Å². The normalized spacial score (nSPS) is 22.1. The molecule has 0 spiro atoms. The number of likely N-dealkylation sites (tertiary alicyclic amines) is 1. The van der Waals surface area contributed by atoms with Gasteiger partial charge in [-0.3, -0.25) is 9.69 Å². The zero-order valence-electron chi connectivity index (χ0n) is 18.7. The molecule has 2 aromatic carbocycles. The molecule has 2 aromatic rings. The molecule has 0 aliphatic carbocycles. The number of benzene rings is 2. The van der Waals surface area contributed by atoms with Gasteiger partial charge in [0.2, 0.25) is 0 Å². The van der Waals surface area contributed by atoms with Gasteiger partial charge >= 0.3 is 0 Å². The van der Waals surface area contributed by atoms with Gasteiger partial charge in [0.1, 0.15) is 0 Å². The minimum absolute atomic E-state index is 0.152. The molecule has 162 valence electrons. The Balaban J connectivity index is 1.60. The van der Waals surface area contributed by atoms with E-state index in [-0.39, 0.29) is 5.91 Å². The molecule has 0 bridgehead atoms. The van der Waals surface area contributed by atoms with Crippen molar-refractivity contribution in [3.8, 4) is 0 Å². The summed E-state index contributed by atoms with van der Waals surface area (Å²) in [7, 11) is 0. The molecule has 1 aliphatic heterocycles. The summed E-state index contributed by atoms with van der Waals surface area (Å²) in [6.07, 6.45) is 3.47. The fraction of sp³-hybridized carbons (Fsp3) is 0.480. The first-order valence-corrected chi connectivity index (χ1v) is 11.2. The highest BCUT2D eigenvalue weighted by Gasteiger charge is 2.32. The Labute approximate surface area is 181 Å². The van der Waals surface area contributed by atoms with Crippen LogP contribution in [0.2, 0.25) is 0 Å². The minimum Gasteiger partial charge on any atom is -0.397 e. The van der Waals surface area contributed by atoms with E-state index in [9.17, 15) is 4.79 Å². The average molecular weight is 409 g/mol. The van der Waals surface area contributed by atoms with Crippen molar-refractivity contribution in [1.82, 2.24) is 4.90 Å². The van der Waals surface area contributed by atoms with E-state index in [4.69, 9.17) is 5.73 Å². The van der Waals surface area contributed by atoms with Gasteiger partial charge < -0.3 is 16.4 Å². The second-order valence-corrected chi connectivity index (χ2v) is 8.93. The van der Waals surface area contributed by atoms with E-state index in [1.54, 1.807) is 12.1 Å². The third-order valence-corrected chi connectivity index (χ3v) is 5.99. The summed E-state index contributed by atoms with van der Waals surface area (Å²) in [4.78, 5) is 15.2. The van der Waals surface area contributed by atoms with Crippen molar-refractivity contribution in [3.05, 3.63) is 54.1 Å². The molecule has 1 heterocycles. The highest BCUT2D eigenvalue weighted by molar-refractivity contribution is 6.05. The molecule has 1 aliphatic rings. The molecule has 30 heavy (non-hydrogen) atoms. The van der Waals surface area contributed by atoms with E-state index in [1.165, 1.54) is 13.0 Å². The maximum absolute atomic E-state index is 12.5. The summed E-state index contributed by atoms with van der Waals surface area (Å²) >= 11 is 0. The van der Waals surface area contributed by atoms with Crippen molar-refractivity contribution >= 4 is 23.0 Å². The maximum atomic E-state index is 12.5. The number of rotatable bonds is 7. The predicted octanol–water partition coefficient (Wildman–Crippen LogP) is 5.22. The fourth-order valence-electron chi connectivity index (χ4n) is 4.50. The molecule has 0 radical (unpaired) electrons. The van der Waals surface area contributed by atoms with Gasteiger partial charge in [0.05, 0.1) is 11.4 Å². The molecule has 0 saturated carbocycles. The van der Waals surface area contributed by atoms with Crippen LogP contribution in [0, 0.1) is 5.92 Å². The average Bonchev–Trinajstić information content (AvgIpc) is 2.71. The predicted molar refractivity (Wildman–Crippen MR) is 127 cm³/mol. The number of carbonyl (C=O) groups excluding carboxylic acids is 1. The van der Waals surface area contributed by atoms with Crippen LogP contribution in [0.25, 0.3) is 0 Å². The van der Waals surface area contributed by atoms with Crippen LogP contribution in [0.1, 0.15) is 57.3 Å². The second-order valence-electron chi connectivity index (χ2n) is 8.93. The summed E-state index contributed by atoms with van der Waals surface area (Å²) in [6.45, 7) is 10.4. The highest BCUT2D eigenvalue weighted by Crippen LogP contribution is 2.28. The lowest BCUT2D eigenvalue weighted by molar-refractivity contribution is 0.0711. The number of nitrogen functional groups attached to an aromatic ring is 1. The van der Waals surface area contributed by atoms with Crippen LogP contribution in [0.3, 0.4) is 0 Å². The van der Waals surface area contributed by atoms with Gasteiger partial charge in [0.25, 0.3) is 5.91 Å². The van der Waals surface area contributed by atoms with E-state index < -0.39 is 0 Å². The third kappa shape index (κ3) is 5.54. The molecule has 4 N–H and O–H groups in total. The molecule has 1 fully saturated rings. The number of nitrogens with one attached hydrogen (secondary N) is 2. The Morgan fingerprint density at radius 2 is 1.83 bits per heavy atom. The number of para-hydroxylation sites is 2. The quantitative estimate of drug-likeness (QED) is 0.549. The molecule has 3 atom stereocenters. The number of hydrogen-bond acceptors (Lipinski definition) is 4. The van der Waals surface area contributed by atoms with E-state index in [0.29, 0.717) is 41.0 Å². The van der Waals surface area contributed by atoms with Crippen LogP contribution in [-0.2, 0) is 0 Å². The van der Waals surface area contributed by atoms with Gasteiger partial charge in [-0.15, -0.1) is 0 Å². The number of hydrogen-bond donors (Lipinski definition) is 3. The molecule has 3 rings (SSSR count). The lowest BCUT2D eigenvalue weighted by atomic mass is 9.89. The van der Waals surface area contributed by atoms with E-state index >= 15 is 0 Å². The summed E-state index contributed by atoms with van der Waals surface area (Å²) in [5.74, 6) is 0.539. The number of piperidine rings is 1. The van der Waals surface area contributed by atoms with Crippen molar-refractivity contribution in [1.29, 1.82) is 0 Å². The molecular weight excluding hydrogens is 372 g/mol. The highest BCUT2D eigenvalue weighted by atomic mass is 16.1. The van der Waals surface area contributed by atoms with Gasteiger partial charge in [-0.2, -0.15) is 0 Å².